The number of rotatable bonds is 6. The Bertz CT molecular complexity index is 4630. The first-order valence-corrected chi connectivity index (χ1v) is 24.2. The van der Waals surface area contributed by atoms with Crippen molar-refractivity contribution >= 4 is 87.2 Å². The van der Waals surface area contributed by atoms with E-state index >= 15 is 0 Å². The summed E-state index contributed by atoms with van der Waals surface area (Å²) in [6.45, 7) is 0. The van der Waals surface area contributed by atoms with Crippen LogP contribution in [-0.2, 0) is 0 Å². The molecule has 0 unspecified atom stereocenters. The van der Waals surface area contributed by atoms with Gasteiger partial charge in [-0.2, -0.15) is 0 Å². The molecule has 0 aliphatic carbocycles. The average molecular weight is 904 g/mol. The number of benzene rings is 11. The van der Waals surface area contributed by atoms with Gasteiger partial charge in [0, 0.05) is 49.3 Å². The van der Waals surface area contributed by atoms with E-state index < -0.39 is 0 Å². The molecule has 0 saturated carbocycles. The second kappa shape index (κ2) is 15.5. The van der Waals surface area contributed by atoms with Crippen molar-refractivity contribution in [2.75, 3.05) is 0 Å². The van der Waals surface area contributed by atoms with E-state index in [0.717, 1.165) is 72.3 Å². The summed E-state index contributed by atoms with van der Waals surface area (Å²) in [5.41, 5.74) is 17.4. The Hall–Kier alpha value is -9.58. The highest BCUT2D eigenvalue weighted by atomic mass is 15.1. The number of aromatic nitrogens is 5. The molecule has 71 heavy (non-hydrogen) atoms. The third kappa shape index (κ3) is 6.06. The van der Waals surface area contributed by atoms with Crippen molar-refractivity contribution in [3.63, 3.8) is 0 Å². The first-order valence-electron chi connectivity index (χ1n) is 24.2. The lowest BCUT2D eigenvalue weighted by Gasteiger charge is -2.15. The largest absolute Gasteiger partial charge is 0.309 e. The van der Waals surface area contributed by atoms with Crippen molar-refractivity contribution in [2.24, 2.45) is 0 Å². The molecule has 0 bridgehead atoms. The van der Waals surface area contributed by atoms with Crippen molar-refractivity contribution in [1.82, 2.24) is 23.7 Å². The minimum Gasteiger partial charge on any atom is -0.309 e. The molecular formula is C66H41N5. The van der Waals surface area contributed by atoms with Gasteiger partial charge in [-0.3, -0.25) is 4.57 Å². The van der Waals surface area contributed by atoms with Crippen LogP contribution < -0.4 is 0 Å². The van der Waals surface area contributed by atoms with E-state index in [0.29, 0.717) is 0 Å². The molecule has 5 heteroatoms. The summed E-state index contributed by atoms with van der Waals surface area (Å²) < 4.78 is 7.23. The molecule has 0 N–H and O–H groups in total. The summed E-state index contributed by atoms with van der Waals surface area (Å²) in [6.07, 6.45) is 0. The quantitative estimate of drug-likeness (QED) is 0.167. The summed E-state index contributed by atoms with van der Waals surface area (Å²) in [7, 11) is 0. The van der Waals surface area contributed by atoms with Gasteiger partial charge >= 0.3 is 0 Å². The van der Waals surface area contributed by atoms with Crippen LogP contribution in [-0.4, -0.2) is 23.7 Å². The minimum atomic E-state index is 0.798. The number of fused-ring (bicyclic) bond motifs is 12. The first kappa shape index (κ1) is 39.4. The lowest BCUT2D eigenvalue weighted by molar-refractivity contribution is 1.08. The zero-order valence-electron chi connectivity index (χ0n) is 38.4. The molecular weight excluding hydrogens is 863 g/mol. The Morgan fingerprint density at radius 1 is 0.254 bits per heavy atom. The van der Waals surface area contributed by atoms with Crippen LogP contribution in [0.2, 0.25) is 0 Å². The SMILES string of the molecule is c1ccc(-c2ccc(-c3cccc(-n4c5ccccc5c5c6c7ccccc7n(-c7ccc8c9ccccc9n(-c9nc%10ccccc%10nc9-c9ccc%10ccccc%10c9)c8c7)c6ccc54)c3)cc2)cc1. The van der Waals surface area contributed by atoms with Gasteiger partial charge < -0.3 is 9.13 Å². The van der Waals surface area contributed by atoms with Crippen LogP contribution >= 0.6 is 0 Å². The number of nitrogens with zero attached hydrogens (tertiary/aromatic N) is 5. The normalized spacial score (nSPS) is 11.9. The van der Waals surface area contributed by atoms with Gasteiger partial charge in [-0.25, -0.2) is 9.97 Å². The van der Waals surface area contributed by atoms with E-state index in [1.807, 2.05) is 12.1 Å². The van der Waals surface area contributed by atoms with Crippen molar-refractivity contribution in [3.8, 4) is 50.7 Å². The predicted octanol–water partition coefficient (Wildman–Crippen LogP) is 17.1. The van der Waals surface area contributed by atoms with Crippen LogP contribution in [0.25, 0.3) is 138 Å². The molecule has 0 spiro atoms. The number of para-hydroxylation sites is 5. The second-order valence-electron chi connectivity index (χ2n) is 18.6. The lowest BCUT2D eigenvalue weighted by Crippen LogP contribution is -2.04. The van der Waals surface area contributed by atoms with E-state index in [-0.39, 0.29) is 0 Å². The predicted molar refractivity (Wildman–Crippen MR) is 296 cm³/mol. The topological polar surface area (TPSA) is 40.6 Å². The van der Waals surface area contributed by atoms with Crippen LogP contribution in [0.3, 0.4) is 0 Å². The van der Waals surface area contributed by atoms with E-state index in [2.05, 4.69) is 250 Å². The highest BCUT2D eigenvalue weighted by molar-refractivity contribution is 6.29. The molecule has 0 saturated heterocycles. The van der Waals surface area contributed by atoms with Gasteiger partial charge in [0.2, 0.25) is 0 Å². The molecule has 0 fully saturated rings. The molecule has 11 aromatic carbocycles. The van der Waals surface area contributed by atoms with Crippen molar-refractivity contribution in [2.45, 2.75) is 0 Å². The third-order valence-corrected chi connectivity index (χ3v) is 14.6. The summed E-state index contributed by atoms with van der Waals surface area (Å²) >= 11 is 0. The van der Waals surface area contributed by atoms with Crippen molar-refractivity contribution < 1.29 is 0 Å². The van der Waals surface area contributed by atoms with Gasteiger partial charge in [0.05, 0.1) is 44.1 Å². The smallest absolute Gasteiger partial charge is 0.165 e. The Morgan fingerprint density at radius 3 is 1.46 bits per heavy atom. The van der Waals surface area contributed by atoms with Crippen molar-refractivity contribution in [1.29, 1.82) is 0 Å². The van der Waals surface area contributed by atoms with Gasteiger partial charge in [0.25, 0.3) is 0 Å². The summed E-state index contributed by atoms with van der Waals surface area (Å²) in [6, 6.07) is 89.8. The zero-order chi connectivity index (χ0) is 46.6. The van der Waals surface area contributed by atoms with Gasteiger partial charge in [-0.1, -0.05) is 176 Å². The molecule has 0 aliphatic heterocycles. The van der Waals surface area contributed by atoms with Gasteiger partial charge in [0.15, 0.2) is 5.82 Å². The average Bonchev–Trinajstić information content (AvgIpc) is 4.08. The summed E-state index contributed by atoms with van der Waals surface area (Å²) in [5, 5.41) is 9.59. The molecule has 330 valence electrons. The van der Waals surface area contributed by atoms with Crippen LogP contribution in [0, 0.1) is 0 Å². The maximum atomic E-state index is 5.49. The highest BCUT2D eigenvalue weighted by Crippen LogP contribution is 2.44. The van der Waals surface area contributed by atoms with Crippen LogP contribution in [0.5, 0.6) is 0 Å². The summed E-state index contributed by atoms with van der Waals surface area (Å²) in [4.78, 5) is 10.9. The maximum absolute atomic E-state index is 5.49. The fraction of sp³-hybridized carbons (Fsp3) is 0. The van der Waals surface area contributed by atoms with Gasteiger partial charge in [0.1, 0.15) is 5.69 Å². The van der Waals surface area contributed by atoms with E-state index in [1.54, 1.807) is 0 Å². The van der Waals surface area contributed by atoms with E-state index in [4.69, 9.17) is 9.97 Å². The van der Waals surface area contributed by atoms with Crippen molar-refractivity contribution in [3.05, 3.63) is 249 Å². The molecule has 0 aliphatic rings. The molecule has 4 aromatic heterocycles. The highest BCUT2D eigenvalue weighted by Gasteiger charge is 2.23. The standard InChI is InChI=1S/C66H41N5/c1-2-15-42(16-3-1)44-29-31-45(32-30-44)47-19-14-20-49(40-47)69-58-27-12-7-22-53(58)63-60(69)37-38-61-64(63)54-23-8-13-28-59(54)70(61)50-35-36-52-51-21-6-11-26-57(51)71(62(52)41-50)66-65(67-55-24-9-10-25-56(55)68-66)48-34-33-43-17-4-5-18-46(43)39-48/h1-41H. The third-order valence-electron chi connectivity index (χ3n) is 14.6. The Balaban J connectivity index is 0.944. The second-order valence-corrected chi connectivity index (χ2v) is 18.6. The van der Waals surface area contributed by atoms with E-state index in [9.17, 15) is 0 Å². The summed E-state index contributed by atoms with van der Waals surface area (Å²) in [5.74, 6) is 0.798. The maximum Gasteiger partial charge on any atom is 0.165 e. The molecule has 0 atom stereocenters. The molecule has 0 radical (unpaired) electrons. The Kier molecular flexibility index (Phi) is 8.59. The molecule has 15 aromatic rings. The van der Waals surface area contributed by atoms with Gasteiger partial charge in [-0.15, -0.1) is 0 Å². The van der Waals surface area contributed by atoms with Crippen LogP contribution in [0.4, 0.5) is 0 Å². The van der Waals surface area contributed by atoms with Crippen LogP contribution in [0.15, 0.2) is 249 Å². The number of hydrogen-bond acceptors (Lipinski definition) is 2. The molecule has 0 amide bonds. The lowest BCUT2D eigenvalue weighted by atomic mass is 10.00. The molecule has 4 heterocycles. The first-order chi connectivity index (χ1) is 35.2. The van der Waals surface area contributed by atoms with Crippen LogP contribution in [0.1, 0.15) is 0 Å². The molecule has 15 rings (SSSR count). The fourth-order valence-electron chi connectivity index (χ4n) is 11.4. The van der Waals surface area contributed by atoms with Gasteiger partial charge in [-0.05, 0) is 106 Å². The number of hydrogen-bond donors (Lipinski definition) is 0. The fourth-order valence-corrected chi connectivity index (χ4v) is 11.4. The minimum absolute atomic E-state index is 0.798. The Morgan fingerprint density at radius 2 is 0.761 bits per heavy atom. The molecule has 5 nitrogen and oxygen atoms in total. The van der Waals surface area contributed by atoms with E-state index in [1.165, 1.54) is 65.6 Å². The zero-order valence-corrected chi connectivity index (χ0v) is 38.4. The Labute approximate surface area is 408 Å². The monoisotopic (exact) mass is 903 g/mol.